The van der Waals surface area contributed by atoms with Crippen LogP contribution in [0.25, 0.3) is 0 Å². The molecule has 2 bridgehead atoms. The SMILES string of the molecule is CCn1cnnc1C1CCN(C(=O)C2CC3CCCC(C2)C3N)CC1. The third kappa shape index (κ3) is 3.21. The fourth-order valence-electron chi connectivity index (χ4n) is 5.43. The Bertz CT molecular complexity index is 593. The van der Waals surface area contributed by atoms with E-state index in [1.807, 2.05) is 6.33 Å². The third-order valence-electron chi connectivity index (χ3n) is 6.92. The minimum Gasteiger partial charge on any atom is -0.342 e. The summed E-state index contributed by atoms with van der Waals surface area (Å²) in [5, 5.41) is 8.37. The molecule has 3 aliphatic rings. The molecule has 0 radical (unpaired) electrons. The number of likely N-dealkylation sites (tertiary alicyclic amines) is 1. The summed E-state index contributed by atoms with van der Waals surface area (Å²) in [6.45, 7) is 4.75. The second-order valence-corrected chi connectivity index (χ2v) is 8.27. The van der Waals surface area contributed by atoms with Crippen LogP contribution in [0.1, 0.15) is 63.6 Å². The highest BCUT2D eigenvalue weighted by atomic mass is 16.2. The Balaban J connectivity index is 1.35. The number of aromatic nitrogens is 3. The van der Waals surface area contributed by atoms with Gasteiger partial charge in [0.1, 0.15) is 12.2 Å². The number of hydrogen-bond donors (Lipinski definition) is 1. The molecule has 2 N–H and O–H groups in total. The number of piperidine rings is 1. The summed E-state index contributed by atoms with van der Waals surface area (Å²) < 4.78 is 2.13. The number of rotatable bonds is 3. The lowest BCUT2D eigenvalue weighted by atomic mass is 9.65. The van der Waals surface area contributed by atoms with E-state index in [1.165, 1.54) is 19.3 Å². The van der Waals surface area contributed by atoms with Gasteiger partial charge < -0.3 is 15.2 Å². The number of fused-ring (bicyclic) bond motifs is 2. The van der Waals surface area contributed by atoms with Crippen LogP contribution >= 0.6 is 0 Å². The van der Waals surface area contributed by atoms with Gasteiger partial charge in [0.25, 0.3) is 0 Å². The average Bonchev–Trinajstić information content (AvgIpc) is 3.10. The topological polar surface area (TPSA) is 77.0 Å². The van der Waals surface area contributed by atoms with E-state index in [0.717, 1.165) is 51.1 Å². The lowest BCUT2D eigenvalue weighted by molar-refractivity contribution is -0.139. The number of nitrogens with two attached hydrogens (primary N) is 1. The molecular formula is C19H31N5O. The molecule has 1 amide bonds. The van der Waals surface area contributed by atoms with Crippen LogP contribution in [0.2, 0.25) is 0 Å². The predicted octanol–water partition coefficient (Wildman–Crippen LogP) is 2.16. The Kier molecular flexibility index (Phi) is 4.80. The molecule has 6 heteroatoms. The molecule has 4 rings (SSSR count). The summed E-state index contributed by atoms with van der Waals surface area (Å²) in [5.74, 6) is 3.27. The molecule has 3 fully saturated rings. The first kappa shape index (κ1) is 17.0. The van der Waals surface area contributed by atoms with Crippen LogP contribution in [0.4, 0.5) is 0 Å². The van der Waals surface area contributed by atoms with E-state index < -0.39 is 0 Å². The minimum atomic E-state index is 0.214. The highest BCUT2D eigenvalue weighted by Gasteiger charge is 2.42. The van der Waals surface area contributed by atoms with Crippen molar-refractivity contribution in [1.29, 1.82) is 0 Å². The van der Waals surface area contributed by atoms with E-state index in [9.17, 15) is 4.79 Å². The van der Waals surface area contributed by atoms with Crippen molar-refractivity contribution in [2.24, 2.45) is 23.5 Å². The molecule has 2 saturated carbocycles. The molecule has 1 aromatic heterocycles. The van der Waals surface area contributed by atoms with Crippen LogP contribution < -0.4 is 5.73 Å². The van der Waals surface area contributed by atoms with Crippen molar-refractivity contribution >= 4 is 5.91 Å². The fourth-order valence-corrected chi connectivity index (χ4v) is 5.43. The number of hydrogen-bond acceptors (Lipinski definition) is 4. The maximum atomic E-state index is 13.1. The lowest BCUT2D eigenvalue weighted by Crippen LogP contribution is -2.50. The highest BCUT2D eigenvalue weighted by Crippen LogP contribution is 2.42. The summed E-state index contributed by atoms with van der Waals surface area (Å²) in [4.78, 5) is 15.2. The Labute approximate surface area is 150 Å². The minimum absolute atomic E-state index is 0.214. The summed E-state index contributed by atoms with van der Waals surface area (Å²) in [7, 11) is 0. The van der Waals surface area contributed by atoms with Crippen LogP contribution in [-0.2, 0) is 11.3 Å². The number of nitrogens with zero attached hydrogens (tertiary/aromatic N) is 4. The maximum Gasteiger partial charge on any atom is 0.225 e. The van der Waals surface area contributed by atoms with Crippen molar-refractivity contribution in [2.75, 3.05) is 13.1 Å². The van der Waals surface area contributed by atoms with Crippen LogP contribution in [0.3, 0.4) is 0 Å². The van der Waals surface area contributed by atoms with Crippen LogP contribution in [0.15, 0.2) is 6.33 Å². The maximum absolute atomic E-state index is 13.1. The Morgan fingerprint density at radius 3 is 2.52 bits per heavy atom. The molecular weight excluding hydrogens is 314 g/mol. The summed E-state index contributed by atoms with van der Waals surface area (Å²) in [5.41, 5.74) is 6.38. The normalized spacial score (nSPS) is 33.4. The van der Waals surface area contributed by atoms with Gasteiger partial charge in [-0.15, -0.1) is 10.2 Å². The molecule has 0 aromatic carbocycles. The van der Waals surface area contributed by atoms with Gasteiger partial charge in [0, 0.05) is 37.5 Å². The fraction of sp³-hybridized carbons (Fsp3) is 0.842. The standard InChI is InChI=1S/C19H31N5O/c1-2-23-12-21-22-18(23)13-6-8-24(9-7-13)19(25)16-10-14-4-3-5-15(11-16)17(14)20/h12-17H,2-11,20H2,1H3. The quantitative estimate of drug-likeness (QED) is 0.911. The zero-order chi connectivity index (χ0) is 17.4. The van der Waals surface area contributed by atoms with Gasteiger partial charge in [0.05, 0.1) is 0 Å². The van der Waals surface area contributed by atoms with Gasteiger partial charge in [-0.05, 0) is 57.3 Å². The summed E-state index contributed by atoms with van der Waals surface area (Å²) >= 11 is 0. The molecule has 25 heavy (non-hydrogen) atoms. The first-order valence-corrected chi connectivity index (χ1v) is 10.1. The van der Waals surface area contributed by atoms with E-state index in [-0.39, 0.29) is 5.92 Å². The number of aryl methyl sites for hydroxylation is 1. The van der Waals surface area contributed by atoms with Crippen LogP contribution in [0.5, 0.6) is 0 Å². The number of carbonyl (C=O) groups is 1. The van der Waals surface area contributed by atoms with Crippen molar-refractivity contribution < 1.29 is 4.79 Å². The molecule has 2 unspecified atom stereocenters. The Hall–Kier alpha value is -1.43. The second kappa shape index (κ2) is 7.06. The molecule has 0 spiro atoms. The zero-order valence-electron chi connectivity index (χ0n) is 15.3. The molecule has 1 aliphatic heterocycles. The molecule has 6 nitrogen and oxygen atoms in total. The molecule has 2 aliphatic carbocycles. The molecule has 2 atom stereocenters. The third-order valence-corrected chi connectivity index (χ3v) is 6.92. The first-order chi connectivity index (χ1) is 12.2. The largest absolute Gasteiger partial charge is 0.342 e. The van der Waals surface area contributed by atoms with Crippen LogP contribution in [0, 0.1) is 17.8 Å². The van der Waals surface area contributed by atoms with Crippen molar-refractivity contribution in [3.63, 3.8) is 0 Å². The predicted molar refractivity (Wildman–Crippen MR) is 95.8 cm³/mol. The molecule has 138 valence electrons. The Morgan fingerprint density at radius 2 is 1.88 bits per heavy atom. The van der Waals surface area contributed by atoms with Gasteiger partial charge in [-0.1, -0.05) is 6.42 Å². The summed E-state index contributed by atoms with van der Waals surface area (Å²) in [6.07, 6.45) is 9.59. The molecule has 1 saturated heterocycles. The highest BCUT2D eigenvalue weighted by molar-refractivity contribution is 5.79. The first-order valence-electron chi connectivity index (χ1n) is 10.1. The number of amides is 1. The Morgan fingerprint density at radius 1 is 1.20 bits per heavy atom. The van der Waals surface area contributed by atoms with E-state index in [1.54, 1.807) is 0 Å². The van der Waals surface area contributed by atoms with Gasteiger partial charge in [0.15, 0.2) is 0 Å². The van der Waals surface area contributed by atoms with Crippen molar-refractivity contribution in [3.8, 4) is 0 Å². The monoisotopic (exact) mass is 345 g/mol. The van der Waals surface area contributed by atoms with Gasteiger partial charge in [-0.25, -0.2) is 0 Å². The smallest absolute Gasteiger partial charge is 0.225 e. The van der Waals surface area contributed by atoms with Crippen LogP contribution in [-0.4, -0.2) is 44.7 Å². The molecule has 2 heterocycles. The van der Waals surface area contributed by atoms with Gasteiger partial charge >= 0.3 is 0 Å². The molecule has 1 aromatic rings. The van der Waals surface area contributed by atoms with Crippen molar-refractivity contribution in [1.82, 2.24) is 19.7 Å². The second-order valence-electron chi connectivity index (χ2n) is 8.27. The lowest BCUT2D eigenvalue weighted by Gasteiger charge is -2.45. The summed E-state index contributed by atoms with van der Waals surface area (Å²) in [6, 6.07) is 0.337. The zero-order valence-corrected chi connectivity index (χ0v) is 15.3. The van der Waals surface area contributed by atoms with E-state index >= 15 is 0 Å². The van der Waals surface area contributed by atoms with Gasteiger partial charge in [-0.2, -0.15) is 0 Å². The van der Waals surface area contributed by atoms with Crippen molar-refractivity contribution in [2.45, 2.75) is 70.4 Å². The average molecular weight is 345 g/mol. The van der Waals surface area contributed by atoms with Gasteiger partial charge in [-0.3, -0.25) is 4.79 Å². The van der Waals surface area contributed by atoms with Gasteiger partial charge in [0.2, 0.25) is 5.91 Å². The van der Waals surface area contributed by atoms with Crippen molar-refractivity contribution in [3.05, 3.63) is 12.2 Å². The number of carbonyl (C=O) groups excluding carboxylic acids is 1. The van der Waals surface area contributed by atoms with E-state index in [2.05, 4.69) is 26.6 Å². The van der Waals surface area contributed by atoms with E-state index in [0.29, 0.717) is 29.7 Å². The van der Waals surface area contributed by atoms with E-state index in [4.69, 9.17) is 5.73 Å².